The van der Waals surface area contributed by atoms with Gasteiger partial charge in [0.1, 0.15) is 0 Å². The summed E-state index contributed by atoms with van der Waals surface area (Å²) in [5.74, 6) is -0.173. The van der Waals surface area contributed by atoms with E-state index in [2.05, 4.69) is 10.6 Å². The first-order valence-electron chi connectivity index (χ1n) is 26.5. The average molecular weight is 1100 g/mol. The fourth-order valence-electron chi connectivity index (χ4n) is 5.30. The van der Waals surface area contributed by atoms with Crippen molar-refractivity contribution in [2.24, 2.45) is 5.73 Å². The van der Waals surface area contributed by atoms with Gasteiger partial charge in [-0.05, 0) is 0 Å². The highest BCUT2D eigenvalue weighted by molar-refractivity contribution is 5.76. The van der Waals surface area contributed by atoms with Gasteiger partial charge in [-0.15, -0.1) is 0 Å². The van der Waals surface area contributed by atoms with Crippen LogP contribution >= 0.6 is 0 Å². The van der Waals surface area contributed by atoms with E-state index in [1.165, 1.54) is 0 Å². The third-order valence-corrected chi connectivity index (χ3v) is 9.11. The number of hydrogen-bond acceptors (Lipinski definition) is 24. The van der Waals surface area contributed by atoms with Crippen LogP contribution in [0.3, 0.4) is 0 Å². The summed E-state index contributed by atoms with van der Waals surface area (Å²) >= 11 is 0. The van der Waals surface area contributed by atoms with Crippen molar-refractivity contribution in [3.05, 3.63) is 0 Å². The van der Waals surface area contributed by atoms with Crippen LogP contribution in [0.25, 0.3) is 0 Å². The van der Waals surface area contributed by atoms with Crippen molar-refractivity contribution in [1.82, 2.24) is 10.6 Å². The minimum Gasteiger partial charge on any atom is -0.382 e. The van der Waals surface area contributed by atoms with Crippen molar-refractivity contribution in [3.63, 3.8) is 0 Å². The number of methoxy groups -OCH3 is 1. The Morgan fingerprint density at radius 1 is 0.240 bits per heavy atom. The van der Waals surface area contributed by atoms with Gasteiger partial charge in [0.05, 0.1) is 271 Å². The molecule has 0 aromatic heterocycles. The Bertz CT molecular complexity index is 1100. The number of nitrogens with two attached hydrogens (primary N) is 1. The summed E-state index contributed by atoms with van der Waals surface area (Å²) in [6.07, 6.45) is 0.582. The third kappa shape index (κ3) is 68.1. The molecule has 0 fully saturated rings. The molecule has 4 N–H and O–H groups in total. The second-order valence-electron chi connectivity index (χ2n) is 15.2. The smallest absolute Gasteiger partial charge is 0.222 e. The molecular weight excluding hydrogens is 999 g/mol. The van der Waals surface area contributed by atoms with Crippen LogP contribution in [0.5, 0.6) is 0 Å². The fraction of sp³-hybridized carbons (Fsp3) is 0.959. The van der Waals surface area contributed by atoms with Crippen LogP contribution in [0.4, 0.5) is 0 Å². The van der Waals surface area contributed by atoms with Crippen molar-refractivity contribution in [1.29, 1.82) is 0 Å². The van der Waals surface area contributed by atoms with Gasteiger partial charge in [0.25, 0.3) is 0 Å². The minimum absolute atomic E-state index is 0.0708. The number of nitrogens with one attached hydrogen (secondary N) is 2. The van der Waals surface area contributed by atoms with Crippen LogP contribution in [-0.4, -0.2) is 309 Å². The Hall–Kier alpha value is -1.94. The van der Waals surface area contributed by atoms with Gasteiger partial charge in [0.2, 0.25) is 11.8 Å². The van der Waals surface area contributed by atoms with Crippen LogP contribution in [0.15, 0.2) is 0 Å². The van der Waals surface area contributed by atoms with Gasteiger partial charge >= 0.3 is 0 Å². The number of rotatable bonds is 68. The van der Waals surface area contributed by atoms with Gasteiger partial charge in [-0.25, -0.2) is 0 Å². The highest BCUT2D eigenvalue weighted by Crippen LogP contribution is 1.91. The zero-order valence-corrected chi connectivity index (χ0v) is 45.5. The molecule has 0 aliphatic heterocycles. The van der Waals surface area contributed by atoms with Crippen LogP contribution in [0, 0.1) is 0 Å². The number of carbonyl (C=O) groups is 2. The van der Waals surface area contributed by atoms with E-state index in [0.29, 0.717) is 297 Å². The lowest BCUT2D eigenvalue weighted by Crippen LogP contribution is -2.29. The average Bonchev–Trinajstić information content (AvgIpc) is 3.41. The molecule has 26 heteroatoms. The molecule has 75 heavy (non-hydrogen) atoms. The maximum absolute atomic E-state index is 12.0. The summed E-state index contributed by atoms with van der Waals surface area (Å²) in [4.78, 5) is 23.2. The van der Waals surface area contributed by atoms with Crippen molar-refractivity contribution in [2.75, 3.05) is 298 Å². The number of carbonyl (C=O) groups excluding carboxylic acids is 2. The summed E-state index contributed by atoms with van der Waals surface area (Å²) in [6.45, 7) is 20.5. The van der Waals surface area contributed by atoms with Gasteiger partial charge in [-0.2, -0.15) is 0 Å². The molecule has 0 unspecified atom stereocenters. The van der Waals surface area contributed by atoms with E-state index in [9.17, 15) is 9.59 Å². The Morgan fingerprint density at radius 3 is 0.587 bits per heavy atom. The second-order valence-corrected chi connectivity index (χ2v) is 15.2. The number of hydrogen-bond donors (Lipinski definition) is 3. The molecule has 0 saturated carbocycles. The molecule has 0 aromatic rings. The van der Waals surface area contributed by atoms with Crippen molar-refractivity contribution >= 4 is 11.8 Å². The zero-order valence-electron chi connectivity index (χ0n) is 45.5. The summed E-state index contributed by atoms with van der Waals surface area (Å²) in [7, 11) is 1.64. The Kier molecular flexibility index (Phi) is 66.4. The van der Waals surface area contributed by atoms with E-state index >= 15 is 0 Å². The summed E-state index contributed by atoms with van der Waals surface area (Å²) in [5, 5.41) is 5.52. The lowest BCUT2D eigenvalue weighted by atomic mass is 10.4. The van der Waals surface area contributed by atoms with E-state index in [1.54, 1.807) is 7.11 Å². The molecule has 0 saturated heterocycles. The second kappa shape index (κ2) is 68.2. The van der Waals surface area contributed by atoms with Crippen LogP contribution < -0.4 is 16.4 Å². The zero-order chi connectivity index (χ0) is 53.9. The normalized spacial score (nSPS) is 11.5. The first-order chi connectivity index (χ1) is 37.2. The Morgan fingerprint density at radius 2 is 0.400 bits per heavy atom. The van der Waals surface area contributed by atoms with E-state index in [0.717, 1.165) is 0 Å². The molecule has 0 aromatic carbocycles. The first kappa shape index (κ1) is 73.1. The van der Waals surface area contributed by atoms with Gasteiger partial charge < -0.3 is 116 Å². The van der Waals surface area contributed by atoms with E-state index in [-0.39, 0.29) is 18.2 Å². The maximum Gasteiger partial charge on any atom is 0.222 e. The minimum atomic E-state index is -0.102. The molecule has 0 spiro atoms. The Labute approximate surface area is 446 Å². The lowest BCUT2D eigenvalue weighted by Gasteiger charge is -2.09. The molecule has 0 aliphatic carbocycles. The van der Waals surface area contributed by atoms with E-state index in [4.69, 9.17) is 105 Å². The van der Waals surface area contributed by atoms with Gasteiger partial charge in [0.15, 0.2) is 0 Å². The van der Waals surface area contributed by atoms with Crippen molar-refractivity contribution in [3.8, 4) is 0 Å². The molecule has 2 amide bonds. The molecule has 0 heterocycles. The van der Waals surface area contributed by atoms with E-state index < -0.39 is 0 Å². The third-order valence-electron chi connectivity index (χ3n) is 9.11. The lowest BCUT2D eigenvalue weighted by molar-refractivity contribution is -0.123. The summed E-state index contributed by atoms with van der Waals surface area (Å²) in [6, 6.07) is 0. The standard InChI is InChI=1S/C49H99N3O23/c1-55-10-11-59-18-19-63-26-27-67-34-35-71-40-37-70-33-30-66-25-22-62-17-14-58-9-6-52-49(54)3-7-56-12-15-60-20-23-64-28-31-68-36-39-72-42-44-74-46-47-75-45-43-73-41-38-69-32-29-65-24-21-61-16-13-57-8-5-51-48(53)2-4-50/h2-47,50H2,1H3,(H,51,53)(H,52,54). The summed E-state index contributed by atoms with van der Waals surface area (Å²) in [5.41, 5.74) is 5.32. The number of amides is 2. The number of ether oxygens (including phenoxy) is 21. The molecule has 0 radical (unpaired) electrons. The SMILES string of the molecule is COCCOCCOCCOCCOCCOCCOCCOCCOCCNC(=O)CCOCCOCCOCCOCCOCCOCCOCCOCCOCCOCCOCCOCCNC(=O)CCN. The molecule has 26 nitrogen and oxygen atoms in total. The molecule has 0 atom stereocenters. The molecule has 448 valence electrons. The first-order valence-corrected chi connectivity index (χ1v) is 26.5. The van der Waals surface area contributed by atoms with Gasteiger partial charge in [0, 0.05) is 39.6 Å². The predicted octanol–water partition coefficient (Wildman–Crippen LogP) is -1.06. The van der Waals surface area contributed by atoms with Crippen LogP contribution in [-0.2, 0) is 109 Å². The highest BCUT2D eigenvalue weighted by atomic mass is 16.6. The summed E-state index contributed by atoms with van der Waals surface area (Å²) < 4.78 is 114. The monoisotopic (exact) mass is 1100 g/mol. The highest BCUT2D eigenvalue weighted by Gasteiger charge is 2.03. The van der Waals surface area contributed by atoms with Gasteiger partial charge in [-0.1, -0.05) is 0 Å². The van der Waals surface area contributed by atoms with Gasteiger partial charge in [-0.3, -0.25) is 9.59 Å². The quantitative estimate of drug-likeness (QED) is 0.0612. The molecule has 0 bridgehead atoms. The van der Waals surface area contributed by atoms with Crippen LogP contribution in [0.1, 0.15) is 12.8 Å². The Balaban J connectivity index is 3.15. The molecular formula is C49H99N3O23. The fourth-order valence-corrected chi connectivity index (χ4v) is 5.30. The maximum atomic E-state index is 12.0. The van der Waals surface area contributed by atoms with E-state index in [1.807, 2.05) is 0 Å². The van der Waals surface area contributed by atoms with Crippen molar-refractivity contribution < 1.29 is 109 Å². The largest absolute Gasteiger partial charge is 0.382 e. The van der Waals surface area contributed by atoms with Crippen molar-refractivity contribution in [2.45, 2.75) is 12.8 Å². The van der Waals surface area contributed by atoms with Crippen LogP contribution in [0.2, 0.25) is 0 Å². The topological polar surface area (TPSA) is 278 Å². The molecule has 0 aliphatic rings. The predicted molar refractivity (Wildman–Crippen MR) is 273 cm³/mol. The molecule has 0 rings (SSSR count).